The van der Waals surface area contributed by atoms with Gasteiger partial charge in [-0.25, -0.2) is 0 Å². The molecule has 1 aliphatic rings. The van der Waals surface area contributed by atoms with Crippen LogP contribution in [0, 0.1) is 6.92 Å². The van der Waals surface area contributed by atoms with Gasteiger partial charge in [-0.05, 0) is 38.0 Å². The standard InChI is InChI=1S/C16H21N3O/c1-11-8-13-14(9-18-11)15(17)5-6-16(13)19-7-3-4-12(10-19)20-2/h5-6,8-9,12H,3-4,7,10,17H2,1-2H3. The van der Waals surface area contributed by atoms with Gasteiger partial charge in [-0.15, -0.1) is 0 Å². The fraction of sp³-hybridized carbons (Fsp3) is 0.438. The minimum atomic E-state index is 0.319. The number of pyridine rings is 1. The molecule has 0 aliphatic carbocycles. The molecular formula is C16H21N3O. The number of hydrogen-bond acceptors (Lipinski definition) is 4. The number of fused-ring (bicyclic) bond motifs is 1. The first-order chi connectivity index (χ1) is 9.69. The number of anilines is 2. The number of hydrogen-bond donors (Lipinski definition) is 1. The fourth-order valence-corrected chi connectivity index (χ4v) is 2.98. The van der Waals surface area contributed by atoms with Crippen LogP contribution in [-0.4, -0.2) is 31.3 Å². The summed E-state index contributed by atoms with van der Waals surface area (Å²) < 4.78 is 5.52. The van der Waals surface area contributed by atoms with Gasteiger partial charge in [0, 0.05) is 54.2 Å². The summed E-state index contributed by atoms with van der Waals surface area (Å²) in [5, 5.41) is 2.22. The molecule has 2 N–H and O–H groups in total. The summed E-state index contributed by atoms with van der Waals surface area (Å²) in [5.41, 5.74) is 9.12. The number of benzene rings is 1. The summed E-state index contributed by atoms with van der Waals surface area (Å²) in [4.78, 5) is 6.76. The zero-order valence-corrected chi connectivity index (χ0v) is 12.1. The molecule has 1 unspecified atom stereocenters. The molecule has 4 heteroatoms. The second kappa shape index (κ2) is 5.29. The molecule has 0 bridgehead atoms. The van der Waals surface area contributed by atoms with Crippen molar-refractivity contribution in [2.24, 2.45) is 0 Å². The maximum Gasteiger partial charge on any atom is 0.0746 e. The second-order valence-corrected chi connectivity index (χ2v) is 5.49. The van der Waals surface area contributed by atoms with Crippen LogP contribution in [0.15, 0.2) is 24.4 Å². The third kappa shape index (κ3) is 2.31. The summed E-state index contributed by atoms with van der Waals surface area (Å²) in [6, 6.07) is 6.22. The van der Waals surface area contributed by atoms with Crippen molar-refractivity contribution >= 4 is 22.1 Å². The van der Waals surface area contributed by atoms with Gasteiger partial charge < -0.3 is 15.4 Å². The van der Waals surface area contributed by atoms with E-state index in [-0.39, 0.29) is 0 Å². The highest BCUT2D eigenvalue weighted by molar-refractivity contribution is 6.01. The van der Waals surface area contributed by atoms with E-state index in [4.69, 9.17) is 10.5 Å². The Balaban J connectivity index is 2.07. The van der Waals surface area contributed by atoms with Crippen LogP contribution < -0.4 is 10.6 Å². The summed E-state index contributed by atoms with van der Waals surface area (Å²) in [7, 11) is 1.79. The van der Waals surface area contributed by atoms with Crippen LogP contribution in [0.4, 0.5) is 11.4 Å². The van der Waals surface area contributed by atoms with Crippen LogP contribution >= 0.6 is 0 Å². The first-order valence-electron chi connectivity index (χ1n) is 7.11. The van der Waals surface area contributed by atoms with E-state index in [1.54, 1.807) is 7.11 Å². The molecule has 1 aromatic heterocycles. The molecule has 0 amide bonds. The van der Waals surface area contributed by atoms with E-state index >= 15 is 0 Å². The number of ether oxygens (including phenoxy) is 1. The number of aryl methyl sites for hydroxylation is 1. The first-order valence-corrected chi connectivity index (χ1v) is 7.11. The van der Waals surface area contributed by atoms with E-state index in [0.717, 1.165) is 42.7 Å². The number of nitrogens with zero attached hydrogens (tertiary/aromatic N) is 2. The first kappa shape index (κ1) is 13.2. The molecule has 1 atom stereocenters. The molecule has 2 heterocycles. The monoisotopic (exact) mass is 271 g/mol. The van der Waals surface area contributed by atoms with Crippen LogP contribution in [0.3, 0.4) is 0 Å². The maximum absolute atomic E-state index is 6.07. The van der Waals surface area contributed by atoms with Gasteiger partial charge in [0.05, 0.1) is 6.10 Å². The van der Waals surface area contributed by atoms with Crippen molar-refractivity contribution < 1.29 is 4.74 Å². The van der Waals surface area contributed by atoms with Crippen molar-refractivity contribution in [3.8, 4) is 0 Å². The summed E-state index contributed by atoms with van der Waals surface area (Å²) in [6.07, 6.45) is 4.50. The van der Waals surface area contributed by atoms with Crippen molar-refractivity contribution in [2.75, 3.05) is 30.8 Å². The van der Waals surface area contributed by atoms with Gasteiger partial charge in [0.15, 0.2) is 0 Å². The number of aromatic nitrogens is 1. The number of piperidine rings is 1. The zero-order valence-electron chi connectivity index (χ0n) is 12.1. The molecule has 0 radical (unpaired) electrons. The van der Waals surface area contributed by atoms with Crippen molar-refractivity contribution in [2.45, 2.75) is 25.9 Å². The van der Waals surface area contributed by atoms with Gasteiger partial charge in [0.1, 0.15) is 0 Å². The Hall–Kier alpha value is -1.81. The normalized spacial score (nSPS) is 19.5. The van der Waals surface area contributed by atoms with Crippen LogP contribution in [0.5, 0.6) is 0 Å². The molecule has 2 aromatic rings. The Kier molecular flexibility index (Phi) is 3.49. The van der Waals surface area contributed by atoms with Gasteiger partial charge in [-0.3, -0.25) is 4.98 Å². The lowest BCUT2D eigenvalue weighted by atomic mass is 10.0. The molecule has 1 aromatic carbocycles. The van der Waals surface area contributed by atoms with E-state index in [0.29, 0.717) is 6.10 Å². The molecule has 1 fully saturated rings. The molecule has 1 saturated heterocycles. The summed E-state index contributed by atoms with van der Waals surface area (Å²) in [6.45, 7) is 4.03. The van der Waals surface area contributed by atoms with Gasteiger partial charge in [0.25, 0.3) is 0 Å². The largest absolute Gasteiger partial charge is 0.398 e. The molecule has 106 valence electrons. The molecule has 3 rings (SSSR count). The number of nitrogen functional groups attached to an aromatic ring is 1. The van der Waals surface area contributed by atoms with E-state index in [1.165, 1.54) is 11.1 Å². The molecule has 4 nitrogen and oxygen atoms in total. The molecule has 20 heavy (non-hydrogen) atoms. The predicted octanol–water partition coefficient (Wildman–Crippen LogP) is 2.74. The Labute approximate surface area is 119 Å². The molecule has 1 aliphatic heterocycles. The third-order valence-corrected chi connectivity index (χ3v) is 4.10. The van der Waals surface area contributed by atoms with Crippen molar-refractivity contribution in [3.63, 3.8) is 0 Å². The highest BCUT2D eigenvalue weighted by atomic mass is 16.5. The Morgan fingerprint density at radius 2 is 2.20 bits per heavy atom. The lowest BCUT2D eigenvalue weighted by molar-refractivity contribution is 0.0894. The Bertz CT molecular complexity index is 626. The van der Waals surface area contributed by atoms with Gasteiger partial charge in [-0.1, -0.05) is 0 Å². The highest BCUT2D eigenvalue weighted by Gasteiger charge is 2.21. The van der Waals surface area contributed by atoms with Crippen molar-refractivity contribution in [3.05, 3.63) is 30.1 Å². The lowest BCUT2D eigenvalue weighted by Crippen LogP contribution is -2.39. The topological polar surface area (TPSA) is 51.4 Å². The SMILES string of the molecule is COC1CCCN(c2ccc(N)c3cnc(C)cc23)C1. The highest BCUT2D eigenvalue weighted by Crippen LogP contribution is 2.32. The van der Waals surface area contributed by atoms with Gasteiger partial charge in [-0.2, -0.15) is 0 Å². The smallest absolute Gasteiger partial charge is 0.0746 e. The average Bonchev–Trinajstić information content (AvgIpc) is 2.47. The maximum atomic E-state index is 6.07. The number of rotatable bonds is 2. The summed E-state index contributed by atoms with van der Waals surface area (Å²) in [5.74, 6) is 0. The minimum absolute atomic E-state index is 0.319. The second-order valence-electron chi connectivity index (χ2n) is 5.49. The summed E-state index contributed by atoms with van der Waals surface area (Å²) >= 11 is 0. The molecule has 0 spiro atoms. The van der Waals surface area contributed by atoms with Crippen molar-refractivity contribution in [1.82, 2.24) is 4.98 Å². The minimum Gasteiger partial charge on any atom is -0.398 e. The predicted molar refractivity (Wildman–Crippen MR) is 83.1 cm³/mol. The third-order valence-electron chi connectivity index (χ3n) is 4.10. The van der Waals surface area contributed by atoms with E-state index in [9.17, 15) is 0 Å². The van der Waals surface area contributed by atoms with Crippen LogP contribution in [0.2, 0.25) is 0 Å². The average molecular weight is 271 g/mol. The zero-order chi connectivity index (χ0) is 14.1. The number of methoxy groups -OCH3 is 1. The van der Waals surface area contributed by atoms with Gasteiger partial charge in [0.2, 0.25) is 0 Å². The van der Waals surface area contributed by atoms with E-state index in [2.05, 4.69) is 22.0 Å². The Morgan fingerprint density at radius 3 is 3.00 bits per heavy atom. The van der Waals surface area contributed by atoms with E-state index in [1.807, 2.05) is 19.2 Å². The van der Waals surface area contributed by atoms with Crippen molar-refractivity contribution in [1.29, 1.82) is 0 Å². The van der Waals surface area contributed by atoms with Crippen LogP contribution in [0.25, 0.3) is 10.8 Å². The molecule has 0 saturated carbocycles. The number of nitrogens with two attached hydrogens (primary N) is 1. The van der Waals surface area contributed by atoms with Gasteiger partial charge >= 0.3 is 0 Å². The molecular weight excluding hydrogens is 250 g/mol. The van der Waals surface area contributed by atoms with Crippen LogP contribution in [0.1, 0.15) is 18.5 Å². The van der Waals surface area contributed by atoms with E-state index < -0.39 is 0 Å². The Morgan fingerprint density at radius 1 is 1.35 bits per heavy atom. The quantitative estimate of drug-likeness (QED) is 0.853. The van der Waals surface area contributed by atoms with Crippen LogP contribution in [-0.2, 0) is 4.74 Å². The fourth-order valence-electron chi connectivity index (χ4n) is 2.98. The lowest BCUT2D eigenvalue weighted by Gasteiger charge is -2.34.